The van der Waals surface area contributed by atoms with E-state index in [0.717, 1.165) is 0 Å². The van der Waals surface area contributed by atoms with Gasteiger partial charge in [-0.2, -0.15) is 0 Å². The van der Waals surface area contributed by atoms with Crippen LogP contribution in [0.25, 0.3) is 4.85 Å². The highest BCUT2D eigenvalue weighted by atomic mass is 19.4. The highest BCUT2D eigenvalue weighted by molar-refractivity contribution is 5.58. The van der Waals surface area contributed by atoms with Gasteiger partial charge >= 0.3 is 6.36 Å². The minimum absolute atomic E-state index is 0.145. The first-order valence-corrected chi connectivity index (χ1v) is 3.66. The Kier molecular flexibility index (Phi) is 2.65. The minimum Gasteiger partial charge on any atom is -0.418 e. The molecule has 0 atom stereocenters. The zero-order chi connectivity index (χ0) is 10.8. The minimum atomic E-state index is -4.76. The van der Waals surface area contributed by atoms with Gasteiger partial charge in [0.15, 0.2) is 0 Å². The van der Waals surface area contributed by atoms with E-state index in [9.17, 15) is 13.2 Å². The van der Waals surface area contributed by atoms with Crippen molar-refractivity contribution in [2.24, 2.45) is 0 Å². The van der Waals surface area contributed by atoms with Crippen molar-refractivity contribution in [2.45, 2.75) is 13.3 Å². The van der Waals surface area contributed by atoms with Crippen molar-refractivity contribution < 1.29 is 17.9 Å². The molecule has 2 nitrogen and oxygen atoms in total. The number of aryl methyl sites for hydroxylation is 1. The molecule has 0 aliphatic carbocycles. The Bertz CT molecular complexity index is 379. The quantitative estimate of drug-likeness (QED) is 0.634. The summed E-state index contributed by atoms with van der Waals surface area (Å²) in [6.07, 6.45) is -4.76. The molecular formula is C9H6F3NO. The Balaban J connectivity index is 3.07. The summed E-state index contributed by atoms with van der Waals surface area (Å²) in [5.74, 6) is -0.451. The average Bonchev–Trinajstić information content (AvgIpc) is 2.01. The maximum Gasteiger partial charge on any atom is 0.571 e. The van der Waals surface area contributed by atoms with E-state index in [-0.39, 0.29) is 5.69 Å². The third kappa shape index (κ3) is 2.66. The maximum atomic E-state index is 11.9. The topological polar surface area (TPSA) is 13.6 Å². The number of rotatable bonds is 1. The lowest BCUT2D eigenvalue weighted by Gasteiger charge is -2.10. The molecule has 0 aliphatic heterocycles. The van der Waals surface area contributed by atoms with Gasteiger partial charge in [-0.3, -0.25) is 0 Å². The third-order valence-corrected chi connectivity index (χ3v) is 1.46. The fourth-order valence-corrected chi connectivity index (χ4v) is 0.920. The van der Waals surface area contributed by atoms with E-state index in [1.165, 1.54) is 12.1 Å². The molecule has 0 spiro atoms. The van der Waals surface area contributed by atoms with Crippen LogP contribution in [0.15, 0.2) is 18.2 Å². The third-order valence-electron chi connectivity index (χ3n) is 1.46. The van der Waals surface area contributed by atoms with Gasteiger partial charge in [0.2, 0.25) is 5.69 Å². The van der Waals surface area contributed by atoms with Gasteiger partial charge in [-0.25, -0.2) is 4.85 Å². The first-order valence-electron chi connectivity index (χ1n) is 3.66. The predicted molar refractivity (Wildman–Crippen MR) is 44.1 cm³/mol. The van der Waals surface area contributed by atoms with Crippen molar-refractivity contribution in [1.29, 1.82) is 0 Å². The number of halogens is 3. The lowest BCUT2D eigenvalue weighted by Crippen LogP contribution is -2.17. The van der Waals surface area contributed by atoms with Crippen molar-refractivity contribution in [1.82, 2.24) is 0 Å². The van der Waals surface area contributed by atoms with Crippen LogP contribution in [0.2, 0.25) is 0 Å². The molecular weight excluding hydrogens is 195 g/mol. The summed E-state index contributed by atoms with van der Waals surface area (Å²) in [5, 5.41) is 0. The first-order chi connectivity index (χ1) is 6.42. The molecule has 0 N–H and O–H groups in total. The van der Waals surface area contributed by atoms with E-state index in [0.29, 0.717) is 5.56 Å². The van der Waals surface area contributed by atoms with Gasteiger partial charge in [0.25, 0.3) is 0 Å². The van der Waals surface area contributed by atoms with Gasteiger partial charge in [-0.15, -0.1) is 13.2 Å². The van der Waals surface area contributed by atoms with Crippen LogP contribution < -0.4 is 4.74 Å². The van der Waals surface area contributed by atoms with E-state index in [1.54, 1.807) is 13.0 Å². The van der Waals surface area contributed by atoms with Crippen molar-refractivity contribution in [2.75, 3.05) is 0 Å². The van der Waals surface area contributed by atoms with E-state index in [4.69, 9.17) is 6.57 Å². The second-order valence-corrected chi connectivity index (χ2v) is 2.63. The van der Waals surface area contributed by atoms with Crippen LogP contribution in [-0.2, 0) is 0 Å². The Labute approximate surface area is 78.7 Å². The van der Waals surface area contributed by atoms with E-state index in [1.807, 2.05) is 0 Å². The summed E-state index contributed by atoms with van der Waals surface area (Å²) in [5.41, 5.74) is 0.463. The van der Waals surface area contributed by atoms with Crippen molar-refractivity contribution >= 4 is 5.69 Å². The molecule has 0 unspecified atom stereocenters. The molecule has 0 aliphatic rings. The highest BCUT2D eigenvalue weighted by Crippen LogP contribution is 2.32. The summed E-state index contributed by atoms with van der Waals surface area (Å²) < 4.78 is 39.3. The molecule has 0 heterocycles. The molecule has 0 saturated heterocycles. The molecule has 0 fully saturated rings. The molecule has 0 aromatic heterocycles. The average molecular weight is 201 g/mol. The Morgan fingerprint density at radius 3 is 2.50 bits per heavy atom. The summed E-state index contributed by atoms with van der Waals surface area (Å²) in [4.78, 5) is 2.92. The molecule has 0 saturated carbocycles. The molecule has 0 amide bonds. The Hall–Kier alpha value is -1.70. The molecule has 1 rings (SSSR count). The van der Waals surface area contributed by atoms with E-state index >= 15 is 0 Å². The lowest BCUT2D eigenvalue weighted by atomic mass is 10.2. The Morgan fingerprint density at radius 1 is 1.36 bits per heavy atom. The fraction of sp³-hybridized carbons (Fsp3) is 0.222. The van der Waals surface area contributed by atoms with E-state index in [2.05, 4.69) is 9.58 Å². The summed E-state index contributed by atoms with van der Waals surface area (Å²) in [6, 6.07) is 4.03. The van der Waals surface area contributed by atoms with Crippen LogP contribution in [0.4, 0.5) is 18.9 Å². The number of hydrogen-bond donors (Lipinski definition) is 0. The number of ether oxygens (including phenoxy) is 1. The molecule has 14 heavy (non-hydrogen) atoms. The van der Waals surface area contributed by atoms with Crippen LogP contribution in [0.5, 0.6) is 5.75 Å². The van der Waals surface area contributed by atoms with Crippen LogP contribution in [0, 0.1) is 13.5 Å². The normalized spacial score (nSPS) is 10.8. The Morgan fingerprint density at radius 2 is 2.00 bits per heavy atom. The lowest BCUT2D eigenvalue weighted by molar-refractivity contribution is -0.274. The van der Waals surface area contributed by atoms with Crippen molar-refractivity contribution in [3.8, 4) is 5.75 Å². The van der Waals surface area contributed by atoms with E-state index < -0.39 is 12.1 Å². The SMILES string of the molecule is [C-]#[N+]c1ccc(C)cc1OC(F)(F)F. The molecule has 5 heteroatoms. The number of nitrogens with zero attached hydrogens (tertiary/aromatic N) is 1. The second-order valence-electron chi connectivity index (χ2n) is 2.63. The smallest absolute Gasteiger partial charge is 0.418 e. The van der Waals surface area contributed by atoms with Crippen LogP contribution >= 0.6 is 0 Å². The number of benzene rings is 1. The van der Waals surface area contributed by atoms with Gasteiger partial charge in [-0.05, 0) is 13.0 Å². The van der Waals surface area contributed by atoms with Crippen LogP contribution in [-0.4, -0.2) is 6.36 Å². The second kappa shape index (κ2) is 3.58. The van der Waals surface area contributed by atoms with Crippen LogP contribution in [0.1, 0.15) is 5.56 Å². The maximum absolute atomic E-state index is 11.9. The van der Waals surface area contributed by atoms with Gasteiger partial charge in [0, 0.05) is 0 Å². The molecule has 0 radical (unpaired) electrons. The standard InChI is InChI=1S/C9H6F3NO/c1-6-3-4-7(13-2)8(5-6)14-9(10,11)12/h3-5H,1H3. The fourth-order valence-electron chi connectivity index (χ4n) is 0.920. The largest absolute Gasteiger partial charge is 0.571 e. The van der Waals surface area contributed by atoms with Gasteiger partial charge in [-0.1, -0.05) is 17.7 Å². The molecule has 1 aromatic rings. The number of alkyl halides is 3. The first kappa shape index (κ1) is 10.4. The summed E-state index contributed by atoms with van der Waals surface area (Å²) >= 11 is 0. The molecule has 1 aromatic carbocycles. The summed E-state index contributed by atoms with van der Waals surface area (Å²) in [6.45, 7) is 8.26. The zero-order valence-corrected chi connectivity index (χ0v) is 7.22. The monoisotopic (exact) mass is 201 g/mol. The predicted octanol–water partition coefficient (Wildman–Crippen LogP) is 3.44. The van der Waals surface area contributed by atoms with Gasteiger partial charge in [0.05, 0.1) is 6.57 Å². The van der Waals surface area contributed by atoms with Crippen LogP contribution in [0.3, 0.4) is 0 Å². The highest BCUT2D eigenvalue weighted by Gasteiger charge is 2.32. The summed E-state index contributed by atoms with van der Waals surface area (Å²) in [7, 11) is 0. The van der Waals surface area contributed by atoms with Crippen molar-refractivity contribution in [3.05, 3.63) is 35.2 Å². The van der Waals surface area contributed by atoms with Gasteiger partial charge in [0.1, 0.15) is 5.75 Å². The molecule has 74 valence electrons. The molecule has 0 bridgehead atoms. The zero-order valence-electron chi connectivity index (χ0n) is 7.22. The number of hydrogen-bond acceptors (Lipinski definition) is 1. The van der Waals surface area contributed by atoms with Gasteiger partial charge < -0.3 is 4.74 Å². The van der Waals surface area contributed by atoms with Crippen molar-refractivity contribution in [3.63, 3.8) is 0 Å².